The smallest absolute Gasteiger partial charge is 0.328 e. The van der Waals surface area contributed by atoms with E-state index in [0.717, 1.165) is 36.2 Å². The summed E-state index contributed by atoms with van der Waals surface area (Å²) in [5.74, 6) is -1.33. The number of carbonyl (C=O) groups is 3. The van der Waals surface area contributed by atoms with E-state index >= 15 is 0 Å². The fourth-order valence-corrected chi connectivity index (χ4v) is 3.45. The molecule has 2 aromatic rings. The lowest BCUT2D eigenvalue weighted by atomic mass is 10.0. The van der Waals surface area contributed by atoms with E-state index in [2.05, 4.69) is 34.5 Å². The number of hydrogen-bond donors (Lipinski definition) is 2. The van der Waals surface area contributed by atoms with Gasteiger partial charge in [0.25, 0.3) is 0 Å². The van der Waals surface area contributed by atoms with Crippen molar-refractivity contribution >= 4 is 33.7 Å². The van der Waals surface area contributed by atoms with Gasteiger partial charge in [-0.25, -0.2) is 9.59 Å². The molecule has 9 heteroatoms. The van der Waals surface area contributed by atoms with Crippen molar-refractivity contribution < 1.29 is 34.1 Å². The van der Waals surface area contributed by atoms with E-state index in [1.807, 2.05) is 24.3 Å². The number of halogens is 1. The predicted octanol–water partition coefficient (Wildman–Crippen LogP) is 5.46. The van der Waals surface area contributed by atoms with Gasteiger partial charge in [0.05, 0.1) is 19.3 Å². The van der Waals surface area contributed by atoms with Crippen LogP contribution in [-0.4, -0.2) is 66.7 Å². The quantitative estimate of drug-likeness (QED) is 0.124. The highest BCUT2D eigenvalue weighted by molar-refractivity contribution is 9.10. The number of ether oxygens (including phenoxy) is 2. The van der Waals surface area contributed by atoms with E-state index in [9.17, 15) is 14.4 Å². The Morgan fingerprint density at radius 2 is 1.59 bits per heavy atom. The second kappa shape index (κ2) is 17.9. The molecule has 0 amide bonds. The Kier molecular flexibility index (Phi) is 15.3. The van der Waals surface area contributed by atoms with Crippen LogP contribution in [0.1, 0.15) is 41.6 Å². The summed E-state index contributed by atoms with van der Waals surface area (Å²) < 4.78 is 12.2. The van der Waals surface area contributed by atoms with Crippen molar-refractivity contribution in [3.63, 3.8) is 0 Å². The number of nitrogens with zero attached hydrogens (tertiary/aromatic N) is 1. The third-order valence-electron chi connectivity index (χ3n) is 5.04. The molecule has 8 nitrogen and oxygen atoms in total. The van der Waals surface area contributed by atoms with Gasteiger partial charge in [0.2, 0.25) is 0 Å². The van der Waals surface area contributed by atoms with Crippen LogP contribution in [-0.2, 0) is 9.59 Å². The van der Waals surface area contributed by atoms with Crippen molar-refractivity contribution in [1.82, 2.24) is 4.90 Å². The van der Waals surface area contributed by atoms with E-state index in [0.29, 0.717) is 35.6 Å². The van der Waals surface area contributed by atoms with Crippen molar-refractivity contribution in [3.05, 3.63) is 82.9 Å². The highest BCUT2D eigenvalue weighted by Gasteiger charge is 2.15. The zero-order valence-electron chi connectivity index (χ0n) is 21.2. The number of carbonyl (C=O) groups excluding carboxylic acids is 1. The highest BCUT2D eigenvalue weighted by atomic mass is 79.9. The maximum atomic E-state index is 12.8. The lowest BCUT2D eigenvalue weighted by molar-refractivity contribution is -0.134. The minimum Gasteiger partial charge on any atom is -0.496 e. The van der Waals surface area contributed by atoms with E-state index in [1.165, 1.54) is 12.8 Å². The molecule has 0 saturated carbocycles. The molecule has 0 heterocycles. The first-order chi connectivity index (χ1) is 17.7. The summed E-state index contributed by atoms with van der Waals surface area (Å²) in [5.41, 5.74) is 1.16. The summed E-state index contributed by atoms with van der Waals surface area (Å²) in [5, 5.41) is 15.6. The lowest BCUT2D eigenvalue weighted by Crippen LogP contribution is -2.19. The Hall–Kier alpha value is -3.43. The normalized spacial score (nSPS) is 10.5. The fraction of sp³-hybridized carbons (Fsp3) is 0.321. The zero-order chi connectivity index (χ0) is 27.6. The molecule has 0 aliphatic carbocycles. The zero-order valence-corrected chi connectivity index (χ0v) is 22.8. The van der Waals surface area contributed by atoms with Crippen LogP contribution in [0.2, 0.25) is 0 Å². The molecule has 37 heavy (non-hydrogen) atoms. The predicted molar refractivity (Wildman–Crippen MR) is 147 cm³/mol. The maximum Gasteiger partial charge on any atom is 0.328 e. The number of likely N-dealkylation sites (N-methyl/N-ethyl adjacent to an activating group) is 1. The molecule has 0 unspecified atom stereocenters. The first kappa shape index (κ1) is 31.6. The summed E-state index contributed by atoms with van der Waals surface area (Å²) in [7, 11) is 3.68. The number of hydrogen-bond acceptors (Lipinski definition) is 6. The van der Waals surface area contributed by atoms with E-state index in [4.69, 9.17) is 19.7 Å². The van der Waals surface area contributed by atoms with Gasteiger partial charge < -0.3 is 24.6 Å². The first-order valence-corrected chi connectivity index (χ1v) is 12.5. The molecule has 0 bridgehead atoms. The van der Waals surface area contributed by atoms with Crippen LogP contribution in [0.25, 0.3) is 0 Å². The van der Waals surface area contributed by atoms with Gasteiger partial charge in [-0.1, -0.05) is 34.8 Å². The standard InChI is InChI=1S/C24H30BrNO3.C4H4O4/c1-4-15-26(2)16-7-5-6-8-17-29-21-13-14-22(23(18-21)28-3)24(27)19-9-11-20(25)12-10-19;5-3(6)1-2-4(7)8/h4,9-14,18H,1,5-8,15-17H2,2-3H3;1-2H,(H,5,6)(H,7,8). The monoisotopic (exact) mass is 575 g/mol. The third-order valence-corrected chi connectivity index (χ3v) is 5.56. The lowest BCUT2D eigenvalue weighted by Gasteiger charge is -2.13. The Bertz CT molecular complexity index is 1030. The van der Waals surface area contributed by atoms with Gasteiger partial charge in [-0.05, 0) is 62.8 Å². The SMILES string of the molecule is C=CCN(C)CCCCCCOc1ccc(C(=O)c2ccc(Br)cc2)c(OC)c1.O=C(O)C=CC(=O)O. The van der Waals surface area contributed by atoms with Crippen LogP contribution < -0.4 is 9.47 Å². The number of carboxylic acids is 2. The van der Waals surface area contributed by atoms with Crippen molar-refractivity contribution in [2.24, 2.45) is 0 Å². The maximum absolute atomic E-state index is 12.8. The van der Waals surface area contributed by atoms with Gasteiger partial charge >= 0.3 is 11.9 Å². The van der Waals surface area contributed by atoms with Crippen LogP contribution in [0.15, 0.2) is 71.7 Å². The average molecular weight is 576 g/mol. The molecule has 0 fully saturated rings. The highest BCUT2D eigenvalue weighted by Crippen LogP contribution is 2.27. The molecule has 0 aliphatic rings. The number of methoxy groups -OCH3 is 1. The number of carboxylic acid groups (broad SMARTS) is 2. The van der Waals surface area contributed by atoms with Gasteiger partial charge in [-0.3, -0.25) is 4.79 Å². The number of unbranched alkanes of at least 4 members (excludes halogenated alkanes) is 3. The van der Waals surface area contributed by atoms with Crippen LogP contribution in [0.3, 0.4) is 0 Å². The molecule has 0 atom stereocenters. The number of ketones is 1. The van der Waals surface area contributed by atoms with Crippen molar-refractivity contribution in [2.45, 2.75) is 25.7 Å². The summed E-state index contributed by atoms with van der Waals surface area (Å²) >= 11 is 3.39. The largest absolute Gasteiger partial charge is 0.496 e. The minimum absolute atomic E-state index is 0.0673. The Morgan fingerprint density at radius 3 is 2.16 bits per heavy atom. The molecule has 2 rings (SSSR count). The summed E-state index contributed by atoms with van der Waals surface area (Å²) in [6.07, 6.45) is 7.57. The van der Waals surface area contributed by atoms with E-state index < -0.39 is 11.9 Å². The van der Waals surface area contributed by atoms with Crippen molar-refractivity contribution in [1.29, 1.82) is 0 Å². The molecule has 0 radical (unpaired) electrons. The van der Waals surface area contributed by atoms with Gasteiger partial charge in [0.15, 0.2) is 5.78 Å². The van der Waals surface area contributed by atoms with Crippen LogP contribution in [0.5, 0.6) is 11.5 Å². The van der Waals surface area contributed by atoms with E-state index in [-0.39, 0.29) is 5.78 Å². The second-order valence-electron chi connectivity index (χ2n) is 8.02. The summed E-state index contributed by atoms with van der Waals surface area (Å²) in [6, 6.07) is 12.7. The molecule has 200 valence electrons. The van der Waals surface area contributed by atoms with Gasteiger partial charge in [0, 0.05) is 34.8 Å². The van der Waals surface area contributed by atoms with Crippen molar-refractivity contribution in [3.8, 4) is 11.5 Å². The second-order valence-corrected chi connectivity index (χ2v) is 8.94. The fourth-order valence-electron chi connectivity index (χ4n) is 3.19. The summed E-state index contributed by atoms with van der Waals surface area (Å²) in [6.45, 7) is 6.45. The Balaban J connectivity index is 0.000000738. The third kappa shape index (κ3) is 13.5. The molecular formula is C28H34BrNO7. The summed E-state index contributed by atoms with van der Waals surface area (Å²) in [4.78, 5) is 34.1. The van der Waals surface area contributed by atoms with Crippen LogP contribution in [0.4, 0.5) is 0 Å². The molecule has 0 aromatic heterocycles. The molecule has 2 N–H and O–H groups in total. The molecule has 0 spiro atoms. The van der Waals surface area contributed by atoms with Gasteiger partial charge in [-0.15, -0.1) is 6.58 Å². The number of rotatable bonds is 15. The first-order valence-electron chi connectivity index (χ1n) is 11.7. The van der Waals surface area contributed by atoms with Gasteiger partial charge in [-0.2, -0.15) is 0 Å². The van der Waals surface area contributed by atoms with Crippen LogP contribution in [0, 0.1) is 0 Å². The number of benzene rings is 2. The molecular weight excluding hydrogens is 542 g/mol. The van der Waals surface area contributed by atoms with E-state index in [1.54, 1.807) is 31.4 Å². The number of aliphatic carboxylic acids is 2. The minimum atomic E-state index is -1.26. The molecule has 0 saturated heterocycles. The molecule has 0 aliphatic heterocycles. The van der Waals surface area contributed by atoms with Gasteiger partial charge in [0.1, 0.15) is 11.5 Å². The van der Waals surface area contributed by atoms with Crippen molar-refractivity contribution in [2.75, 3.05) is 33.9 Å². The topological polar surface area (TPSA) is 113 Å². The average Bonchev–Trinajstić information content (AvgIpc) is 2.87. The van der Waals surface area contributed by atoms with Crippen LogP contribution >= 0.6 is 15.9 Å². The Morgan fingerprint density at radius 1 is 0.973 bits per heavy atom. The Labute approximate surface area is 226 Å². The molecule has 2 aromatic carbocycles.